The first-order valence-corrected chi connectivity index (χ1v) is 9.43. The van der Waals surface area contributed by atoms with Gasteiger partial charge in [0.05, 0.1) is 5.69 Å². The van der Waals surface area contributed by atoms with Crippen LogP contribution in [0.2, 0.25) is 0 Å². The lowest BCUT2D eigenvalue weighted by Crippen LogP contribution is -2.24. The number of rotatable bonds is 3. The van der Waals surface area contributed by atoms with Gasteiger partial charge in [-0.2, -0.15) is 10.1 Å². The molecule has 0 aliphatic rings. The monoisotopic (exact) mass is 388 g/mol. The molecule has 7 nitrogen and oxygen atoms in total. The predicted molar refractivity (Wildman–Crippen MR) is 117 cm³/mol. The highest BCUT2D eigenvalue weighted by atomic mass is 16.1. The van der Waals surface area contributed by atoms with Crippen LogP contribution in [0.4, 0.5) is 17.5 Å². The summed E-state index contributed by atoms with van der Waals surface area (Å²) in [5.74, 6) is 0.598. The molecule has 29 heavy (non-hydrogen) atoms. The summed E-state index contributed by atoms with van der Waals surface area (Å²) in [5, 5.41) is 7.86. The molecule has 0 fully saturated rings. The Kier molecular flexibility index (Phi) is 4.38. The van der Waals surface area contributed by atoms with Crippen LogP contribution < -0.4 is 16.6 Å². The Morgan fingerprint density at radius 1 is 0.966 bits per heavy atom. The van der Waals surface area contributed by atoms with Crippen LogP contribution in [0.25, 0.3) is 16.7 Å². The molecule has 2 aromatic heterocycles. The van der Waals surface area contributed by atoms with Gasteiger partial charge in [0, 0.05) is 12.7 Å². The summed E-state index contributed by atoms with van der Waals surface area (Å²) in [6.07, 6.45) is 0. The number of aryl methyl sites for hydroxylation is 5. The molecule has 0 aliphatic heterocycles. The van der Waals surface area contributed by atoms with Crippen molar-refractivity contribution in [1.29, 1.82) is 0 Å². The maximum atomic E-state index is 13.5. The molecule has 0 amide bonds. The fourth-order valence-electron chi connectivity index (χ4n) is 3.66. The number of nitrogens with two attached hydrogens (primary N) is 1. The third-order valence-electron chi connectivity index (χ3n) is 5.11. The summed E-state index contributed by atoms with van der Waals surface area (Å²) < 4.78 is 3.11. The highest BCUT2D eigenvalue weighted by molar-refractivity contribution is 5.87. The Morgan fingerprint density at radius 2 is 1.62 bits per heavy atom. The van der Waals surface area contributed by atoms with Crippen LogP contribution in [0.1, 0.15) is 22.3 Å². The van der Waals surface area contributed by atoms with Gasteiger partial charge in [0.25, 0.3) is 5.56 Å². The van der Waals surface area contributed by atoms with Crippen molar-refractivity contribution in [2.24, 2.45) is 7.05 Å². The molecule has 4 rings (SSSR count). The van der Waals surface area contributed by atoms with Gasteiger partial charge in [-0.15, -0.1) is 0 Å². The Labute approximate surface area is 168 Å². The van der Waals surface area contributed by atoms with Gasteiger partial charge in [0.2, 0.25) is 5.95 Å². The van der Waals surface area contributed by atoms with E-state index in [4.69, 9.17) is 10.7 Å². The molecule has 2 aromatic carbocycles. The highest BCUT2D eigenvalue weighted by Gasteiger charge is 2.20. The summed E-state index contributed by atoms with van der Waals surface area (Å²) in [4.78, 5) is 18.2. The van der Waals surface area contributed by atoms with Gasteiger partial charge in [0.1, 0.15) is 5.39 Å². The Hall–Kier alpha value is -3.61. The third kappa shape index (κ3) is 3.14. The minimum Gasteiger partial charge on any atom is -0.381 e. The zero-order valence-corrected chi connectivity index (χ0v) is 17.2. The molecule has 0 unspecified atom stereocenters. The van der Waals surface area contributed by atoms with Crippen LogP contribution >= 0.6 is 0 Å². The fraction of sp³-hybridized carbons (Fsp3) is 0.227. The van der Waals surface area contributed by atoms with E-state index < -0.39 is 0 Å². The van der Waals surface area contributed by atoms with E-state index in [9.17, 15) is 4.79 Å². The molecule has 0 spiro atoms. The fourth-order valence-corrected chi connectivity index (χ4v) is 3.66. The molecule has 0 aliphatic carbocycles. The third-order valence-corrected chi connectivity index (χ3v) is 5.11. The van der Waals surface area contributed by atoms with Crippen LogP contribution in [0.15, 0.2) is 41.2 Å². The number of hydrogen-bond donors (Lipinski definition) is 2. The minimum atomic E-state index is -0.250. The van der Waals surface area contributed by atoms with E-state index in [1.165, 1.54) is 10.2 Å². The molecule has 148 valence electrons. The number of anilines is 3. The number of aromatic nitrogens is 4. The van der Waals surface area contributed by atoms with E-state index in [-0.39, 0.29) is 11.4 Å². The van der Waals surface area contributed by atoms with Crippen molar-refractivity contribution < 1.29 is 0 Å². The molecule has 7 heteroatoms. The van der Waals surface area contributed by atoms with E-state index in [1.807, 2.05) is 58.0 Å². The number of nitrogens with zero attached hydrogens (tertiary/aromatic N) is 4. The van der Waals surface area contributed by atoms with Crippen LogP contribution in [0, 0.1) is 27.7 Å². The molecule has 0 atom stereocenters. The average molecular weight is 388 g/mol. The lowest BCUT2D eigenvalue weighted by Gasteiger charge is -2.17. The van der Waals surface area contributed by atoms with Crippen LogP contribution in [-0.4, -0.2) is 19.3 Å². The average Bonchev–Trinajstić information content (AvgIpc) is 2.93. The van der Waals surface area contributed by atoms with Gasteiger partial charge in [-0.1, -0.05) is 35.4 Å². The number of benzene rings is 2. The molecule has 2 heterocycles. The first kappa shape index (κ1) is 18.7. The van der Waals surface area contributed by atoms with Crippen molar-refractivity contribution in [1.82, 2.24) is 19.3 Å². The van der Waals surface area contributed by atoms with Gasteiger partial charge < -0.3 is 11.1 Å². The second kappa shape index (κ2) is 6.77. The Morgan fingerprint density at radius 3 is 2.28 bits per heavy atom. The van der Waals surface area contributed by atoms with E-state index in [0.717, 1.165) is 28.1 Å². The zero-order valence-electron chi connectivity index (χ0n) is 17.2. The van der Waals surface area contributed by atoms with Crippen molar-refractivity contribution in [3.63, 3.8) is 0 Å². The summed E-state index contributed by atoms with van der Waals surface area (Å²) in [7, 11) is 1.73. The van der Waals surface area contributed by atoms with Crippen LogP contribution in [-0.2, 0) is 7.05 Å². The predicted octanol–water partition coefficient (Wildman–Crippen LogP) is 3.68. The SMILES string of the molecule is Cc1ccc(Nc2nc3c(c(N)nn3C)c(=O)n2-c2ccc(C)cc2C)c(C)c1. The molecular weight excluding hydrogens is 364 g/mol. The number of fused-ring (bicyclic) bond motifs is 1. The first-order valence-electron chi connectivity index (χ1n) is 9.43. The maximum absolute atomic E-state index is 13.5. The molecule has 0 saturated heterocycles. The smallest absolute Gasteiger partial charge is 0.272 e. The summed E-state index contributed by atoms with van der Waals surface area (Å²) >= 11 is 0. The summed E-state index contributed by atoms with van der Waals surface area (Å²) in [6, 6.07) is 12.0. The maximum Gasteiger partial charge on any atom is 0.272 e. The number of hydrogen-bond acceptors (Lipinski definition) is 5. The molecular formula is C22H24N6O. The normalized spacial score (nSPS) is 11.2. The summed E-state index contributed by atoms with van der Waals surface area (Å²) in [6.45, 7) is 8.07. The first-order chi connectivity index (χ1) is 13.8. The topological polar surface area (TPSA) is 90.8 Å². The lowest BCUT2D eigenvalue weighted by atomic mass is 10.1. The number of nitrogen functional groups attached to an aromatic ring is 1. The van der Waals surface area contributed by atoms with Crippen LogP contribution in [0.5, 0.6) is 0 Å². The Balaban J connectivity index is 2.03. The second-order valence-corrected chi connectivity index (χ2v) is 7.52. The van der Waals surface area contributed by atoms with Gasteiger partial charge in [-0.25, -0.2) is 9.25 Å². The minimum absolute atomic E-state index is 0.177. The number of nitrogens with one attached hydrogen (secondary N) is 1. The van der Waals surface area contributed by atoms with E-state index in [0.29, 0.717) is 17.0 Å². The lowest BCUT2D eigenvalue weighted by molar-refractivity contribution is 0.788. The van der Waals surface area contributed by atoms with Crippen molar-refractivity contribution >= 4 is 28.5 Å². The van der Waals surface area contributed by atoms with Crippen LogP contribution in [0.3, 0.4) is 0 Å². The second-order valence-electron chi connectivity index (χ2n) is 7.52. The zero-order chi connectivity index (χ0) is 20.9. The molecule has 0 saturated carbocycles. The van der Waals surface area contributed by atoms with Crippen molar-refractivity contribution in [3.8, 4) is 5.69 Å². The van der Waals surface area contributed by atoms with Gasteiger partial charge in [-0.3, -0.25) is 4.79 Å². The van der Waals surface area contributed by atoms with Crippen molar-refractivity contribution in [2.75, 3.05) is 11.1 Å². The van der Waals surface area contributed by atoms with Crippen molar-refractivity contribution in [2.45, 2.75) is 27.7 Å². The van der Waals surface area contributed by atoms with Gasteiger partial charge >= 0.3 is 0 Å². The van der Waals surface area contributed by atoms with Gasteiger partial charge in [0.15, 0.2) is 11.5 Å². The standard InChI is InChI=1S/C22H24N6O/c1-12-6-8-16(14(3)10-12)24-22-25-20-18(19(23)26-27(20)5)21(29)28(22)17-9-7-13(2)11-15(17)4/h6-11H,1-5H3,(H2,23,26)(H,24,25). The van der Waals surface area contributed by atoms with Gasteiger partial charge in [-0.05, 0) is 51.0 Å². The Bertz CT molecular complexity index is 1320. The van der Waals surface area contributed by atoms with Crippen molar-refractivity contribution in [3.05, 3.63) is 69.0 Å². The van der Waals surface area contributed by atoms with E-state index in [1.54, 1.807) is 11.6 Å². The summed E-state index contributed by atoms with van der Waals surface area (Å²) in [5.41, 5.74) is 12.2. The quantitative estimate of drug-likeness (QED) is 0.559. The molecule has 0 bridgehead atoms. The molecule has 4 aromatic rings. The molecule has 3 N–H and O–H groups in total. The highest BCUT2D eigenvalue weighted by Crippen LogP contribution is 2.26. The van der Waals surface area contributed by atoms with E-state index in [2.05, 4.69) is 16.5 Å². The largest absolute Gasteiger partial charge is 0.381 e. The molecule has 0 radical (unpaired) electrons. The van der Waals surface area contributed by atoms with E-state index >= 15 is 0 Å².